The molecule has 0 atom stereocenters. The van der Waals surface area contributed by atoms with Gasteiger partial charge in [0.1, 0.15) is 0 Å². The van der Waals surface area contributed by atoms with Gasteiger partial charge in [-0.15, -0.1) is 0 Å². The largest absolute Gasteiger partial charge is 0.748 e. The molecule has 2 heterocycles. The van der Waals surface area contributed by atoms with E-state index in [2.05, 4.69) is 23.6 Å². The second-order valence-electron chi connectivity index (χ2n) is 5.07. The number of aromatic nitrogens is 2. The highest BCUT2D eigenvalue weighted by atomic mass is 32.2. The van der Waals surface area contributed by atoms with Crippen LogP contribution in [0.2, 0.25) is 0 Å². The van der Waals surface area contributed by atoms with Gasteiger partial charge in [-0.3, -0.25) is 0 Å². The van der Waals surface area contributed by atoms with Crippen molar-refractivity contribution in [1.29, 1.82) is 0 Å². The molecule has 112 valence electrons. The topological polar surface area (TPSA) is 65.0 Å². The van der Waals surface area contributed by atoms with Gasteiger partial charge in [0.25, 0.3) is 0 Å². The lowest BCUT2D eigenvalue weighted by atomic mass is 10.2. The first-order chi connectivity index (χ1) is 9.92. The first-order valence-electron chi connectivity index (χ1n) is 6.80. The van der Waals surface area contributed by atoms with Gasteiger partial charge in [0.2, 0.25) is 13.1 Å². The van der Waals surface area contributed by atoms with Crippen molar-refractivity contribution in [1.82, 2.24) is 0 Å². The molecule has 0 saturated heterocycles. The van der Waals surface area contributed by atoms with Crippen LogP contribution in [-0.4, -0.2) is 18.7 Å². The molecule has 5 nitrogen and oxygen atoms in total. The highest BCUT2D eigenvalue weighted by Gasteiger charge is 2.06. The predicted octanol–water partition coefficient (Wildman–Crippen LogP) is 0.358. The zero-order valence-corrected chi connectivity index (χ0v) is 12.8. The molecule has 2 aromatic heterocycles. The molecule has 0 saturated carbocycles. The number of rotatable bonds is 6. The van der Waals surface area contributed by atoms with Crippen molar-refractivity contribution in [3.05, 3.63) is 60.2 Å². The van der Waals surface area contributed by atoms with Crippen LogP contribution in [0.1, 0.15) is 11.1 Å². The summed E-state index contributed by atoms with van der Waals surface area (Å²) in [5.74, 6) is -0.351. The fourth-order valence-corrected chi connectivity index (χ4v) is 2.44. The molecule has 0 fully saturated rings. The third-order valence-corrected chi connectivity index (χ3v) is 3.98. The molecule has 0 aliphatic rings. The highest BCUT2D eigenvalue weighted by molar-refractivity contribution is 7.85. The quantitative estimate of drug-likeness (QED) is 0.572. The number of pyridine rings is 2. The second-order valence-corrected chi connectivity index (χ2v) is 6.59. The van der Waals surface area contributed by atoms with Crippen molar-refractivity contribution in [2.24, 2.45) is 0 Å². The van der Waals surface area contributed by atoms with E-state index >= 15 is 0 Å². The molecule has 6 heteroatoms. The Kier molecular flexibility index (Phi) is 5.03. The Morgan fingerprint density at radius 3 is 1.90 bits per heavy atom. The lowest BCUT2D eigenvalue weighted by molar-refractivity contribution is -0.778. The lowest BCUT2D eigenvalue weighted by Gasteiger charge is -2.05. The molecule has 0 aliphatic heterocycles. The van der Waals surface area contributed by atoms with Gasteiger partial charge in [-0.05, 0) is 24.5 Å². The number of aryl methyl sites for hydroxylation is 4. The summed E-state index contributed by atoms with van der Waals surface area (Å²) in [6.45, 7) is 3.74. The fourth-order valence-electron chi connectivity index (χ4n) is 1.96. The van der Waals surface area contributed by atoms with Gasteiger partial charge in [0.05, 0.1) is 10.1 Å². The Morgan fingerprint density at radius 1 is 0.952 bits per heavy atom. The molecular formula is C15H19N2O3S+. The van der Waals surface area contributed by atoms with Gasteiger partial charge in [0, 0.05) is 30.0 Å². The molecule has 0 bridgehead atoms. The number of hydrogen-bond acceptors (Lipinski definition) is 3. The molecule has 0 unspecified atom stereocenters. The Morgan fingerprint density at radius 2 is 1.43 bits per heavy atom. The van der Waals surface area contributed by atoms with Crippen LogP contribution in [0.5, 0.6) is 0 Å². The zero-order chi connectivity index (χ0) is 15.3. The Balaban J connectivity index is 1.89. The molecule has 0 amide bonds. The van der Waals surface area contributed by atoms with E-state index < -0.39 is 10.1 Å². The second kappa shape index (κ2) is 6.78. The standard InChI is InChI=1S/C15H19N2O3S/c1-14-2-7-16(8-3-14)11-12-17-9-4-15(5-10-17)6-13-21(18,19)20/h2-5,7-10H,6,11-13H2,1H3/q+1. The van der Waals surface area contributed by atoms with Crippen LogP contribution >= 0.6 is 0 Å². The summed E-state index contributed by atoms with van der Waals surface area (Å²) in [5, 5.41) is 0. The molecule has 2 rings (SSSR count). The van der Waals surface area contributed by atoms with Gasteiger partial charge in [-0.1, -0.05) is 0 Å². The van der Waals surface area contributed by atoms with Crippen molar-refractivity contribution in [2.45, 2.75) is 26.4 Å². The molecular weight excluding hydrogens is 288 g/mol. The van der Waals surface area contributed by atoms with Crippen LogP contribution in [0, 0.1) is 6.92 Å². The van der Waals surface area contributed by atoms with E-state index in [0.717, 1.165) is 18.7 Å². The molecule has 0 aromatic carbocycles. The summed E-state index contributed by atoms with van der Waals surface area (Å²) in [4.78, 5) is 0. The Bertz CT molecular complexity index is 680. The van der Waals surface area contributed by atoms with Crippen molar-refractivity contribution in [2.75, 3.05) is 5.75 Å². The Labute approximate surface area is 125 Å². The molecule has 0 radical (unpaired) electrons. The minimum Gasteiger partial charge on any atom is -0.748 e. The minimum absolute atomic E-state index is 0.263. The van der Waals surface area contributed by atoms with Crippen LogP contribution < -0.4 is 9.13 Å². The van der Waals surface area contributed by atoms with E-state index in [0.29, 0.717) is 0 Å². The van der Waals surface area contributed by atoms with Crippen molar-refractivity contribution < 1.29 is 22.1 Å². The van der Waals surface area contributed by atoms with Gasteiger partial charge >= 0.3 is 0 Å². The number of hydrogen-bond donors (Lipinski definition) is 0. The lowest BCUT2D eigenvalue weighted by Crippen LogP contribution is -2.43. The first-order valence-corrected chi connectivity index (χ1v) is 8.37. The Hall–Kier alpha value is -1.79. The van der Waals surface area contributed by atoms with E-state index in [1.165, 1.54) is 5.56 Å². The van der Waals surface area contributed by atoms with E-state index in [1.807, 2.05) is 41.5 Å². The summed E-state index contributed by atoms with van der Waals surface area (Å²) in [6, 6.07) is 7.84. The summed E-state index contributed by atoms with van der Waals surface area (Å²) in [5.41, 5.74) is 2.09. The van der Waals surface area contributed by atoms with E-state index in [9.17, 15) is 13.0 Å². The van der Waals surface area contributed by atoms with Gasteiger partial charge < -0.3 is 4.55 Å². The van der Waals surface area contributed by atoms with Crippen LogP contribution in [0.3, 0.4) is 0 Å². The predicted molar refractivity (Wildman–Crippen MR) is 76.3 cm³/mol. The van der Waals surface area contributed by atoms with Gasteiger partial charge in [-0.25, -0.2) is 8.42 Å². The molecule has 2 aromatic rings. The maximum Gasteiger partial charge on any atom is 0.206 e. The SMILES string of the molecule is Cc1cc[n+](CC[n+]2ccc(CCS(=O)(=O)[O-])cc2)cc1. The van der Waals surface area contributed by atoms with Crippen molar-refractivity contribution >= 4 is 10.1 Å². The summed E-state index contributed by atoms with van der Waals surface area (Å²) in [6.07, 6.45) is 8.16. The van der Waals surface area contributed by atoms with Gasteiger partial charge in [0.15, 0.2) is 24.8 Å². The van der Waals surface area contributed by atoms with Crippen molar-refractivity contribution in [3.8, 4) is 0 Å². The minimum atomic E-state index is -4.14. The average Bonchev–Trinajstić information content (AvgIpc) is 2.45. The highest BCUT2D eigenvalue weighted by Crippen LogP contribution is 1.99. The maximum atomic E-state index is 10.6. The fraction of sp³-hybridized carbons (Fsp3) is 0.333. The van der Waals surface area contributed by atoms with Gasteiger partial charge in [-0.2, -0.15) is 9.13 Å². The number of nitrogens with zero attached hydrogens (tertiary/aromatic N) is 2. The molecule has 0 aliphatic carbocycles. The molecule has 21 heavy (non-hydrogen) atoms. The van der Waals surface area contributed by atoms with E-state index in [1.54, 1.807) is 0 Å². The first kappa shape index (κ1) is 15.6. The molecule has 0 N–H and O–H groups in total. The van der Waals surface area contributed by atoms with Crippen molar-refractivity contribution in [3.63, 3.8) is 0 Å². The zero-order valence-electron chi connectivity index (χ0n) is 12.0. The monoisotopic (exact) mass is 307 g/mol. The average molecular weight is 307 g/mol. The smallest absolute Gasteiger partial charge is 0.206 e. The third-order valence-electron chi connectivity index (χ3n) is 3.28. The summed E-state index contributed by atoms with van der Waals surface area (Å²) >= 11 is 0. The summed E-state index contributed by atoms with van der Waals surface area (Å²) in [7, 11) is -4.14. The van der Waals surface area contributed by atoms with E-state index in [4.69, 9.17) is 0 Å². The third kappa shape index (κ3) is 5.61. The van der Waals surface area contributed by atoms with Crippen LogP contribution in [0.4, 0.5) is 0 Å². The summed E-state index contributed by atoms with van der Waals surface area (Å²) < 4.78 is 35.9. The normalized spacial score (nSPS) is 11.5. The van der Waals surface area contributed by atoms with Crippen LogP contribution in [0.25, 0.3) is 0 Å². The van der Waals surface area contributed by atoms with Crippen LogP contribution in [-0.2, 0) is 29.6 Å². The maximum absolute atomic E-state index is 10.6. The van der Waals surface area contributed by atoms with E-state index in [-0.39, 0.29) is 12.2 Å². The molecule has 0 spiro atoms. The van der Waals surface area contributed by atoms with Crippen LogP contribution in [0.15, 0.2) is 49.1 Å².